The molecule has 3 aliphatic rings. The first kappa shape index (κ1) is 19.5. The predicted octanol–water partition coefficient (Wildman–Crippen LogP) is 1.21. The van der Waals surface area contributed by atoms with Crippen molar-refractivity contribution in [1.82, 2.24) is 30.2 Å². The number of nitrogens with one attached hydrogen (secondary N) is 3. The molecule has 5 heterocycles. The van der Waals surface area contributed by atoms with Gasteiger partial charge in [-0.25, -0.2) is 14.8 Å². The summed E-state index contributed by atoms with van der Waals surface area (Å²) in [5.74, 6) is 2.25. The van der Waals surface area contributed by atoms with Crippen LogP contribution in [0.2, 0.25) is 0 Å². The lowest BCUT2D eigenvalue weighted by Crippen LogP contribution is -2.47. The Morgan fingerprint density at radius 2 is 1.82 bits per heavy atom. The standard InChI is InChI=1S/C22H23N9O2/c32-21-16(26-22(33)28-21)11-14-13-24-31-19(25-15-4-5-15)12-18(27-20(14)31)30-9-7-29(8-10-30)17-3-1-2-6-23-17/h1-3,6,11-13,15,25H,4-5,7-10H2,(H2,26,28,32,33). The third-order valence-corrected chi connectivity index (χ3v) is 6.01. The number of carbonyl (C=O) groups excluding carboxylic acids is 2. The molecule has 11 heteroatoms. The Balaban J connectivity index is 1.32. The van der Waals surface area contributed by atoms with Gasteiger partial charge in [0.2, 0.25) is 0 Å². The molecule has 0 unspecified atom stereocenters. The highest BCUT2D eigenvalue weighted by Crippen LogP contribution is 2.29. The molecule has 3 fully saturated rings. The first-order valence-electron chi connectivity index (χ1n) is 11.0. The Kier molecular flexibility index (Phi) is 4.60. The summed E-state index contributed by atoms with van der Waals surface area (Å²) in [6.45, 7) is 3.31. The Bertz CT molecular complexity index is 1260. The molecule has 6 rings (SSSR count). The number of hydrogen-bond donors (Lipinski definition) is 3. The third kappa shape index (κ3) is 3.81. The first-order valence-corrected chi connectivity index (χ1v) is 11.0. The van der Waals surface area contributed by atoms with Crippen molar-refractivity contribution in [3.8, 4) is 0 Å². The average molecular weight is 445 g/mol. The number of pyridine rings is 1. The van der Waals surface area contributed by atoms with E-state index in [0.29, 0.717) is 17.3 Å². The van der Waals surface area contributed by atoms with Crippen LogP contribution in [-0.2, 0) is 4.79 Å². The van der Waals surface area contributed by atoms with E-state index in [-0.39, 0.29) is 5.70 Å². The van der Waals surface area contributed by atoms with Gasteiger partial charge >= 0.3 is 6.03 Å². The smallest absolute Gasteiger partial charge is 0.326 e. The maximum absolute atomic E-state index is 12.0. The van der Waals surface area contributed by atoms with Gasteiger partial charge in [-0.1, -0.05) is 6.07 Å². The number of aromatic nitrogens is 4. The summed E-state index contributed by atoms with van der Waals surface area (Å²) < 4.78 is 1.76. The lowest BCUT2D eigenvalue weighted by atomic mass is 10.2. The fraction of sp³-hybridized carbons (Fsp3) is 0.318. The number of carbonyl (C=O) groups is 2. The molecule has 168 valence electrons. The normalized spacial score (nSPS) is 19.8. The molecule has 2 saturated heterocycles. The molecule has 1 saturated carbocycles. The monoisotopic (exact) mass is 445 g/mol. The summed E-state index contributed by atoms with van der Waals surface area (Å²) in [6.07, 6.45) is 7.35. The Labute approximate surface area is 189 Å². The van der Waals surface area contributed by atoms with Crippen molar-refractivity contribution in [3.05, 3.63) is 47.9 Å². The van der Waals surface area contributed by atoms with E-state index in [0.717, 1.165) is 56.5 Å². The topological polar surface area (TPSA) is 120 Å². The minimum Gasteiger partial charge on any atom is -0.367 e. The second-order valence-corrected chi connectivity index (χ2v) is 8.38. The van der Waals surface area contributed by atoms with Gasteiger partial charge < -0.3 is 20.4 Å². The van der Waals surface area contributed by atoms with Crippen molar-refractivity contribution in [2.24, 2.45) is 0 Å². The Hall–Kier alpha value is -4.15. The molecule has 11 nitrogen and oxygen atoms in total. The molecule has 2 aliphatic heterocycles. The molecule has 0 radical (unpaired) electrons. The fourth-order valence-electron chi connectivity index (χ4n) is 4.11. The van der Waals surface area contributed by atoms with E-state index in [9.17, 15) is 9.59 Å². The van der Waals surface area contributed by atoms with E-state index >= 15 is 0 Å². The average Bonchev–Trinajstić information content (AvgIpc) is 3.47. The molecule has 0 spiro atoms. The van der Waals surface area contributed by atoms with Crippen LogP contribution in [0.15, 0.2) is 42.4 Å². The van der Waals surface area contributed by atoms with Crippen molar-refractivity contribution in [2.75, 3.05) is 41.3 Å². The number of urea groups is 1. The van der Waals surface area contributed by atoms with Gasteiger partial charge in [-0.15, -0.1) is 0 Å². The highest BCUT2D eigenvalue weighted by atomic mass is 16.2. The summed E-state index contributed by atoms with van der Waals surface area (Å²) in [5, 5.41) is 12.8. The van der Waals surface area contributed by atoms with Crippen LogP contribution in [0.3, 0.4) is 0 Å². The molecular weight excluding hydrogens is 422 g/mol. The number of nitrogens with zero attached hydrogens (tertiary/aromatic N) is 6. The van der Waals surface area contributed by atoms with E-state index in [1.165, 1.54) is 0 Å². The van der Waals surface area contributed by atoms with Gasteiger partial charge in [-0.3, -0.25) is 10.1 Å². The quantitative estimate of drug-likeness (QED) is 0.396. The molecule has 0 bridgehead atoms. The Morgan fingerprint density at radius 3 is 2.48 bits per heavy atom. The summed E-state index contributed by atoms with van der Waals surface area (Å²) in [6, 6.07) is 7.90. The van der Waals surface area contributed by atoms with Crippen molar-refractivity contribution in [1.29, 1.82) is 0 Å². The second-order valence-electron chi connectivity index (χ2n) is 8.38. The third-order valence-electron chi connectivity index (χ3n) is 6.01. The number of rotatable bonds is 5. The molecule has 3 aromatic heterocycles. The van der Waals surface area contributed by atoms with E-state index in [4.69, 9.17) is 4.98 Å². The van der Waals surface area contributed by atoms with Crippen LogP contribution in [0.4, 0.5) is 22.2 Å². The number of anilines is 3. The van der Waals surface area contributed by atoms with E-state index in [2.05, 4.69) is 35.8 Å². The minimum absolute atomic E-state index is 0.183. The van der Waals surface area contributed by atoms with Gasteiger partial charge in [0, 0.05) is 50.0 Å². The zero-order chi connectivity index (χ0) is 22.4. The van der Waals surface area contributed by atoms with Crippen LogP contribution in [0, 0.1) is 0 Å². The largest absolute Gasteiger partial charge is 0.367 e. The molecule has 3 N–H and O–H groups in total. The summed E-state index contributed by atoms with van der Waals surface area (Å²) in [7, 11) is 0. The molecule has 33 heavy (non-hydrogen) atoms. The highest BCUT2D eigenvalue weighted by molar-refractivity contribution is 6.14. The van der Waals surface area contributed by atoms with Gasteiger partial charge in [0.15, 0.2) is 5.65 Å². The molecule has 3 aromatic rings. The highest BCUT2D eigenvalue weighted by Gasteiger charge is 2.27. The summed E-state index contributed by atoms with van der Waals surface area (Å²) >= 11 is 0. The van der Waals surface area contributed by atoms with Gasteiger partial charge in [-0.2, -0.15) is 9.61 Å². The van der Waals surface area contributed by atoms with Gasteiger partial charge in [0.25, 0.3) is 5.91 Å². The maximum atomic E-state index is 12.0. The number of fused-ring (bicyclic) bond motifs is 1. The summed E-state index contributed by atoms with van der Waals surface area (Å²) in [5.41, 5.74) is 1.47. The van der Waals surface area contributed by atoms with Crippen LogP contribution >= 0.6 is 0 Å². The lowest BCUT2D eigenvalue weighted by Gasteiger charge is -2.36. The predicted molar refractivity (Wildman–Crippen MR) is 123 cm³/mol. The van der Waals surface area contributed by atoms with Gasteiger partial charge in [0.05, 0.1) is 6.20 Å². The van der Waals surface area contributed by atoms with Crippen LogP contribution < -0.4 is 25.8 Å². The van der Waals surface area contributed by atoms with E-state index < -0.39 is 11.9 Å². The van der Waals surface area contributed by atoms with Crippen molar-refractivity contribution < 1.29 is 9.59 Å². The SMILES string of the molecule is O=C1NC(=O)C(=Cc2cnn3c(NC4CC4)cc(N4CCN(c5ccccn5)CC4)nc23)N1. The molecular formula is C22H23N9O2. The van der Waals surface area contributed by atoms with Crippen molar-refractivity contribution in [2.45, 2.75) is 18.9 Å². The van der Waals surface area contributed by atoms with Crippen LogP contribution in [0.25, 0.3) is 11.7 Å². The van der Waals surface area contributed by atoms with Gasteiger partial charge in [0.1, 0.15) is 23.2 Å². The first-order chi connectivity index (χ1) is 16.1. The van der Waals surface area contributed by atoms with Crippen LogP contribution in [0.5, 0.6) is 0 Å². The van der Waals surface area contributed by atoms with Crippen LogP contribution in [-0.4, -0.2) is 63.7 Å². The minimum atomic E-state index is -0.529. The van der Waals surface area contributed by atoms with Crippen molar-refractivity contribution >= 4 is 41.1 Å². The lowest BCUT2D eigenvalue weighted by molar-refractivity contribution is -0.115. The zero-order valence-electron chi connectivity index (χ0n) is 17.9. The van der Waals surface area contributed by atoms with Crippen LogP contribution in [0.1, 0.15) is 18.4 Å². The van der Waals surface area contributed by atoms with E-state index in [1.807, 2.05) is 30.5 Å². The number of hydrogen-bond acceptors (Lipinski definition) is 8. The fourth-order valence-corrected chi connectivity index (χ4v) is 4.11. The number of amides is 3. The molecule has 3 amide bonds. The zero-order valence-corrected chi connectivity index (χ0v) is 17.9. The van der Waals surface area contributed by atoms with E-state index in [1.54, 1.807) is 16.8 Å². The van der Waals surface area contributed by atoms with Crippen molar-refractivity contribution in [3.63, 3.8) is 0 Å². The maximum Gasteiger partial charge on any atom is 0.326 e. The number of imide groups is 1. The summed E-state index contributed by atoms with van der Waals surface area (Å²) in [4.78, 5) is 37.4. The Morgan fingerprint density at radius 1 is 1.03 bits per heavy atom. The molecule has 0 atom stereocenters. The molecule has 0 aromatic carbocycles. The van der Waals surface area contributed by atoms with Gasteiger partial charge in [-0.05, 0) is 31.1 Å². The number of piperazine rings is 1. The molecule has 1 aliphatic carbocycles. The second kappa shape index (κ2) is 7.76.